The van der Waals surface area contributed by atoms with Gasteiger partial charge in [0.05, 0.1) is 5.39 Å². The molecule has 0 amide bonds. The number of fused-ring (bicyclic) bond motifs is 1. The minimum atomic E-state index is 0.822. The molecule has 6 heteroatoms. The van der Waals surface area contributed by atoms with Crippen molar-refractivity contribution in [2.24, 2.45) is 0 Å². The Bertz CT molecular complexity index is 831. The molecule has 0 fully saturated rings. The van der Waals surface area contributed by atoms with Gasteiger partial charge in [-0.15, -0.1) is 11.3 Å². The number of nitrogens with one attached hydrogen (secondary N) is 1. The van der Waals surface area contributed by atoms with Crippen LogP contribution in [0.15, 0.2) is 35.5 Å². The quantitative estimate of drug-likeness (QED) is 0.564. The van der Waals surface area contributed by atoms with Crippen molar-refractivity contribution in [3.8, 4) is 5.40 Å². The first kappa shape index (κ1) is 13.9. The van der Waals surface area contributed by atoms with Crippen molar-refractivity contribution < 1.29 is 0 Å². The van der Waals surface area contributed by atoms with Crippen molar-refractivity contribution in [1.82, 2.24) is 9.97 Å². The molecule has 0 saturated heterocycles. The molecule has 0 aliphatic rings. The lowest BCUT2D eigenvalue weighted by Crippen LogP contribution is -1.95. The first-order chi connectivity index (χ1) is 10.2. The van der Waals surface area contributed by atoms with E-state index in [1.54, 1.807) is 17.7 Å². The predicted octanol–water partition coefficient (Wildman–Crippen LogP) is 4.62. The number of hydrogen-bond acceptors (Lipinski definition) is 6. The van der Waals surface area contributed by atoms with Gasteiger partial charge in [-0.05, 0) is 55.4 Å². The molecule has 0 bridgehead atoms. The summed E-state index contributed by atoms with van der Waals surface area (Å²) in [5.41, 5.74) is 2.16. The van der Waals surface area contributed by atoms with Crippen LogP contribution in [0.3, 0.4) is 0 Å². The third kappa shape index (κ3) is 2.71. The Hall–Kier alpha value is -2.10. The number of nitriles is 1. The highest BCUT2D eigenvalue weighted by molar-refractivity contribution is 8.03. The number of anilines is 2. The van der Waals surface area contributed by atoms with E-state index >= 15 is 0 Å². The second-order valence-corrected chi connectivity index (χ2v) is 6.59. The highest BCUT2D eigenvalue weighted by Crippen LogP contribution is 2.33. The van der Waals surface area contributed by atoms with Gasteiger partial charge in [-0.2, -0.15) is 5.26 Å². The molecule has 0 unspecified atom stereocenters. The number of rotatable bonds is 3. The second kappa shape index (κ2) is 5.72. The Labute approximate surface area is 130 Å². The average Bonchev–Trinajstić information content (AvgIpc) is 2.78. The van der Waals surface area contributed by atoms with E-state index in [0.29, 0.717) is 0 Å². The fourth-order valence-electron chi connectivity index (χ4n) is 2.07. The van der Waals surface area contributed by atoms with Crippen LogP contribution < -0.4 is 5.32 Å². The van der Waals surface area contributed by atoms with Crippen LogP contribution in [0.2, 0.25) is 0 Å². The number of nitrogens with zero attached hydrogens (tertiary/aromatic N) is 3. The maximum absolute atomic E-state index is 8.66. The number of aromatic nitrogens is 2. The Kier molecular flexibility index (Phi) is 3.78. The Morgan fingerprint density at radius 2 is 1.95 bits per heavy atom. The normalized spacial score (nSPS) is 10.5. The van der Waals surface area contributed by atoms with Crippen molar-refractivity contribution in [3.63, 3.8) is 0 Å². The lowest BCUT2D eigenvalue weighted by molar-refractivity contribution is 1.22. The Morgan fingerprint density at radius 3 is 2.67 bits per heavy atom. The molecule has 0 aliphatic heterocycles. The highest BCUT2D eigenvalue weighted by Gasteiger charge is 2.11. The van der Waals surface area contributed by atoms with E-state index in [-0.39, 0.29) is 0 Å². The third-order valence-electron chi connectivity index (χ3n) is 3.25. The largest absolute Gasteiger partial charge is 0.340 e. The molecule has 1 N–H and O–H groups in total. The summed E-state index contributed by atoms with van der Waals surface area (Å²) in [6.07, 6.45) is 1.58. The number of thiocyanates is 1. The monoisotopic (exact) mass is 312 g/mol. The van der Waals surface area contributed by atoms with E-state index in [1.807, 2.05) is 24.3 Å². The number of hydrogen-bond donors (Lipinski definition) is 1. The summed E-state index contributed by atoms with van der Waals surface area (Å²) >= 11 is 2.83. The molecule has 1 aromatic carbocycles. The zero-order chi connectivity index (χ0) is 14.8. The highest BCUT2D eigenvalue weighted by atomic mass is 32.2. The third-order valence-corrected chi connectivity index (χ3v) is 4.96. The zero-order valence-corrected chi connectivity index (χ0v) is 13.2. The fourth-order valence-corrected chi connectivity index (χ4v) is 3.45. The molecule has 104 valence electrons. The van der Waals surface area contributed by atoms with Gasteiger partial charge in [0.15, 0.2) is 0 Å². The summed E-state index contributed by atoms with van der Waals surface area (Å²) in [5, 5.41) is 15.1. The van der Waals surface area contributed by atoms with E-state index in [0.717, 1.165) is 38.4 Å². The van der Waals surface area contributed by atoms with Crippen LogP contribution in [0.4, 0.5) is 11.5 Å². The van der Waals surface area contributed by atoms with Gasteiger partial charge in [0.25, 0.3) is 0 Å². The summed E-state index contributed by atoms with van der Waals surface area (Å²) in [6, 6.07) is 7.73. The van der Waals surface area contributed by atoms with Gasteiger partial charge in [-0.3, -0.25) is 0 Å². The fraction of sp³-hybridized carbons (Fsp3) is 0.133. The van der Waals surface area contributed by atoms with Crippen LogP contribution in [-0.2, 0) is 0 Å². The van der Waals surface area contributed by atoms with Crippen molar-refractivity contribution >= 4 is 44.8 Å². The van der Waals surface area contributed by atoms with Gasteiger partial charge in [0.1, 0.15) is 22.4 Å². The van der Waals surface area contributed by atoms with Gasteiger partial charge in [-0.25, -0.2) is 9.97 Å². The predicted molar refractivity (Wildman–Crippen MR) is 88.1 cm³/mol. The van der Waals surface area contributed by atoms with E-state index < -0.39 is 0 Å². The van der Waals surface area contributed by atoms with Crippen LogP contribution in [0.5, 0.6) is 0 Å². The maximum atomic E-state index is 8.66. The Balaban J connectivity index is 1.96. The smallest absolute Gasteiger partial charge is 0.142 e. The van der Waals surface area contributed by atoms with E-state index in [1.165, 1.54) is 10.4 Å². The number of thioether (sulfide) groups is 1. The first-order valence-electron chi connectivity index (χ1n) is 6.33. The van der Waals surface area contributed by atoms with Gasteiger partial charge >= 0.3 is 0 Å². The summed E-state index contributed by atoms with van der Waals surface area (Å²) in [6.45, 7) is 4.19. The van der Waals surface area contributed by atoms with Gasteiger partial charge in [0.2, 0.25) is 0 Å². The molecule has 0 aliphatic carbocycles. The number of benzene rings is 1. The molecule has 2 aromatic heterocycles. The van der Waals surface area contributed by atoms with Crippen LogP contribution in [-0.4, -0.2) is 9.97 Å². The van der Waals surface area contributed by atoms with Gasteiger partial charge in [-0.1, -0.05) is 0 Å². The van der Waals surface area contributed by atoms with Crippen LogP contribution >= 0.6 is 23.1 Å². The molecule has 0 atom stereocenters. The van der Waals surface area contributed by atoms with Gasteiger partial charge in [0, 0.05) is 15.5 Å². The molecule has 3 aromatic rings. The second-order valence-electron chi connectivity index (χ2n) is 4.53. The molecule has 0 radical (unpaired) electrons. The number of thiophene rings is 1. The summed E-state index contributed by atoms with van der Waals surface area (Å²) in [4.78, 5) is 11.9. The molecule has 0 saturated carbocycles. The summed E-state index contributed by atoms with van der Waals surface area (Å²) in [7, 11) is 0. The summed E-state index contributed by atoms with van der Waals surface area (Å²) in [5.74, 6) is 0.822. The lowest BCUT2D eigenvalue weighted by Gasteiger charge is -2.07. The molecular formula is C15H12N4S2. The molecule has 21 heavy (non-hydrogen) atoms. The average molecular weight is 312 g/mol. The van der Waals surface area contributed by atoms with E-state index in [4.69, 9.17) is 5.26 Å². The zero-order valence-electron chi connectivity index (χ0n) is 11.5. The SMILES string of the molecule is Cc1sc2ncnc(Nc3ccc(SC#N)cc3)c2c1C. The summed E-state index contributed by atoms with van der Waals surface area (Å²) < 4.78 is 0. The maximum Gasteiger partial charge on any atom is 0.142 e. The van der Waals surface area contributed by atoms with Crippen molar-refractivity contribution in [1.29, 1.82) is 5.26 Å². The molecule has 4 nitrogen and oxygen atoms in total. The standard InChI is InChI=1S/C15H12N4S2/c1-9-10(2)21-15-13(9)14(17-8-18-15)19-11-3-5-12(6-4-11)20-7-16/h3-6,8H,1-2H3,(H,17,18,19). The molecule has 2 heterocycles. The van der Waals surface area contributed by atoms with Crippen LogP contribution in [0.25, 0.3) is 10.2 Å². The minimum absolute atomic E-state index is 0.822. The van der Waals surface area contributed by atoms with Crippen molar-refractivity contribution in [3.05, 3.63) is 41.0 Å². The van der Waals surface area contributed by atoms with E-state index in [9.17, 15) is 0 Å². The lowest BCUT2D eigenvalue weighted by atomic mass is 10.2. The molecular weight excluding hydrogens is 300 g/mol. The first-order valence-corrected chi connectivity index (χ1v) is 7.96. The molecule has 0 spiro atoms. The minimum Gasteiger partial charge on any atom is -0.340 e. The number of aryl methyl sites for hydroxylation is 2. The Morgan fingerprint density at radius 1 is 1.19 bits per heavy atom. The van der Waals surface area contributed by atoms with Crippen molar-refractivity contribution in [2.75, 3.05) is 5.32 Å². The van der Waals surface area contributed by atoms with Crippen LogP contribution in [0, 0.1) is 24.5 Å². The van der Waals surface area contributed by atoms with Gasteiger partial charge < -0.3 is 5.32 Å². The topological polar surface area (TPSA) is 61.6 Å². The molecule has 3 rings (SSSR count). The van der Waals surface area contributed by atoms with Crippen LogP contribution in [0.1, 0.15) is 10.4 Å². The van der Waals surface area contributed by atoms with Crippen molar-refractivity contribution in [2.45, 2.75) is 18.7 Å². The van der Waals surface area contributed by atoms with E-state index in [2.05, 4.69) is 34.5 Å².